The van der Waals surface area contributed by atoms with Crippen LogP contribution in [0.25, 0.3) is 0 Å². The summed E-state index contributed by atoms with van der Waals surface area (Å²) < 4.78 is 6.83. The van der Waals surface area contributed by atoms with Crippen LogP contribution in [0.15, 0.2) is 40.2 Å². The van der Waals surface area contributed by atoms with Crippen LogP contribution in [0.3, 0.4) is 0 Å². The molecule has 2 heterocycles. The Morgan fingerprint density at radius 3 is 2.89 bits per heavy atom. The van der Waals surface area contributed by atoms with Crippen LogP contribution >= 0.6 is 27.3 Å². The molecule has 0 spiro atoms. The molecule has 0 fully saturated rings. The predicted octanol–water partition coefficient (Wildman–Crippen LogP) is 3.69. The molecule has 1 aliphatic rings. The van der Waals surface area contributed by atoms with E-state index in [1.807, 2.05) is 18.2 Å². The van der Waals surface area contributed by atoms with E-state index in [0.29, 0.717) is 6.61 Å². The second-order valence-electron chi connectivity index (χ2n) is 4.63. The third-order valence-electron chi connectivity index (χ3n) is 3.35. The molecule has 1 atom stereocenters. The van der Waals surface area contributed by atoms with Gasteiger partial charge in [0.1, 0.15) is 5.75 Å². The minimum Gasteiger partial charge on any atom is -0.493 e. The lowest BCUT2D eigenvalue weighted by Crippen LogP contribution is -2.43. The average molecular weight is 324 g/mol. The van der Waals surface area contributed by atoms with Gasteiger partial charge in [-0.1, -0.05) is 18.2 Å². The second-order valence-corrected chi connectivity index (χ2v) is 7.18. The normalized spacial score (nSPS) is 22.3. The van der Waals surface area contributed by atoms with E-state index < -0.39 is 0 Å². The Kier molecular flexibility index (Phi) is 3.18. The smallest absolute Gasteiger partial charge is 0.124 e. The number of ether oxygens (including phenoxy) is 1. The first-order valence-corrected chi connectivity index (χ1v) is 7.54. The maximum absolute atomic E-state index is 6.62. The first-order valence-electron chi connectivity index (χ1n) is 5.93. The number of fused-ring (bicyclic) bond motifs is 1. The molecule has 0 radical (unpaired) electrons. The number of rotatable bonds is 2. The SMILES string of the molecule is NC1(Cc2ccc(Br)s2)CCOc2ccccc21. The summed E-state index contributed by atoms with van der Waals surface area (Å²) in [7, 11) is 0. The fraction of sp³-hybridized carbons (Fsp3) is 0.286. The molecule has 18 heavy (non-hydrogen) atoms. The Balaban J connectivity index is 1.95. The first kappa shape index (κ1) is 12.2. The van der Waals surface area contributed by atoms with Crippen LogP contribution < -0.4 is 10.5 Å². The summed E-state index contributed by atoms with van der Waals surface area (Å²) in [6, 6.07) is 12.3. The quantitative estimate of drug-likeness (QED) is 0.914. The van der Waals surface area contributed by atoms with Gasteiger partial charge in [-0.3, -0.25) is 0 Å². The molecular formula is C14H14BrNOS. The van der Waals surface area contributed by atoms with E-state index in [0.717, 1.165) is 27.9 Å². The van der Waals surface area contributed by atoms with Crippen LogP contribution in [-0.2, 0) is 12.0 Å². The minimum absolute atomic E-state index is 0.306. The largest absolute Gasteiger partial charge is 0.493 e. The Hall–Kier alpha value is -0.840. The molecule has 1 unspecified atom stereocenters. The zero-order valence-corrected chi connectivity index (χ0v) is 12.3. The lowest BCUT2D eigenvalue weighted by molar-refractivity contribution is 0.216. The van der Waals surface area contributed by atoms with Crippen molar-refractivity contribution < 1.29 is 4.74 Å². The highest BCUT2D eigenvalue weighted by Gasteiger charge is 2.34. The van der Waals surface area contributed by atoms with Gasteiger partial charge in [-0.05, 0) is 34.1 Å². The zero-order chi connectivity index (χ0) is 12.6. The minimum atomic E-state index is -0.306. The first-order chi connectivity index (χ1) is 8.67. The van der Waals surface area contributed by atoms with E-state index in [9.17, 15) is 0 Å². The van der Waals surface area contributed by atoms with Crippen molar-refractivity contribution in [2.45, 2.75) is 18.4 Å². The fourth-order valence-electron chi connectivity index (χ4n) is 2.42. The molecule has 2 aromatic rings. The Morgan fingerprint density at radius 1 is 1.28 bits per heavy atom. The van der Waals surface area contributed by atoms with Gasteiger partial charge < -0.3 is 10.5 Å². The van der Waals surface area contributed by atoms with Crippen molar-refractivity contribution >= 4 is 27.3 Å². The Labute approximate surface area is 119 Å². The van der Waals surface area contributed by atoms with E-state index in [-0.39, 0.29) is 5.54 Å². The molecule has 0 saturated carbocycles. The van der Waals surface area contributed by atoms with Gasteiger partial charge in [0, 0.05) is 23.3 Å². The maximum Gasteiger partial charge on any atom is 0.124 e. The molecule has 0 saturated heterocycles. The average Bonchev–Trinajstić information content (AvgIpc) is 2.75. The van der Waals surface area contributed by atoms with Gasteiger partial charge in [0.15, 0.2) is 0 Å². The van der Waals surface area contributed by atoms with Gasteiger partial charge in [0.25, 0.3) is 0 Å². The van der Waals surface area contributed by atoms with Crippen LogP contribution in [-0.4, -0.2) is 6.61 Å². The summed E-state index contributed by atoms with van der Waals surface area (Å²) in [5.41, 5.74) is 7.44. The van der Waals surface area contributed by atoms with Crippen molar-refractivity contribution in [2.75, 3.05) is 6.61 Å². The van der Waals surface area contributed by atoms with E-state index in [1.54, 1.807) is 11.3 Å². The van der Waals surface area contributed by atoms with Gasteiger partial charge in [-0.25, -0.2) is 0 Å². The summed E-state index contributed by atoms with van der Waals surface area (Å²) >= 11 is 5.25. The molecule has 0 amide bonds. The molecule has 94 valence electrons. The van der Waals surface area contributed by atoms with Crippen molar-refractivity contribution in [3.63, 3.8) is 0 Å². The standard InChI is InChI=1S/C14H14BrNOS/c15-13-6-5-10(18-13)9-14(16)7-8-17-12-4-2-1-3-11(12)14/h1-6H,7-9,16H2. The Bertz CT molecular complexity index is 568. The molecule has 2 nitrogen and oxygen atoms in total. The van der Waals surface area contributed by atoms with E-state index in [4.69, 9.17) is 10.5 Å². The van der Waals surface area contributed by atoms with Crippen LogP contribution in [0, 0.1) is 0 Å². The molecule has 2 N–H and O–H groups in total. The van der Waals surface area contributed by atoms with Crippen LogP contribution in [0.5, 0.6) is 5.75 Å². The number of nitrogens with two attached hydrogens (primary N) is 1. The van der Waals surface area contributed by atoms with Gasteiger partial charge in [-0.15, -0.1) is 11.3 Å². The van der Waals surface area contributed by atoms with Crippen molar-refractivity contribution in [3.05, 3.63) is 50.6 Å². The zero-order valence-electron chi connectivity index (χ0n) is 9.86. The fourth-order valence-corrected chi connectivity index (χ4v) is 4.03. The summed E-state index contributed by atoms with van der Waals surface area (Å²) in [6.45, 7) is 0.695. The van der Waals surface area contributed by atoms with Crippen molar-refractivity contribution in [1.29, 1.82) is 0 Å². The van der Waals surface area contributed by atoms with Crippen LogP contribution in [0.4, 0.5) is 0 Å². The highest BCUT2D eigenvalue weighted by Crippen LogP contribution is 2.38. The summed E-state index contributed by atoms with van der Waals surface area (Å²) in [5.74, 6) is 0.932. The molecule has 4 heteroatoms. The molecular weight excluding hydrogens is 310 g/mol. The van der Waals surface area contributed by atoms with E-state index >= 15 is 0 Å². The van der Waals surface area contributed by atoms with Gasteiger partial charge in [0.2, 0.25) is 0 Å². The number of thiophene rings is 1. The van der Waals surface area contributed by atoms with Gasteiger partial charge in [-0.2, -0.15) is 0 Å². The van der Waals surface area contributed by atoms with Crippen LogP contribution in [0.2, 0.25) is 0 Å². The van der Waals surface area contributed by atoms with E-state index in [2.05, 4.69) is 34.1 Å². The predicted molar refractivity (Wildman–Crippen MR) is 78.1 cm³/mol. The highest BCUT2D eigenvalue weighted by molar-refractivity contribution is 9.11. The van der Waals surface area contributed by atoms with Crippen molar-refractivity contribution in [1.82, 2.24) is 0 Å². The summed E-state index contributed by atoms with van der Waals surface area (Å²) in [4.78, 5) is 1.31. The molecule has 0 aliphatic carbocycles. The monoisotopic (exact) mass is 323 g/mol. The highest BCUT2D eigenvalue weighted by atomic mass is 79.9. The summed E-state index contributed by atoms with van der Waals surface area (Å²) in [5, 5.41) is 0. The van der Waals surface area contributed by atoms with Gasteiger partial charge >= 0.3 is 0 Å². The van der Waals surface area contributed by atoms with Crippen molar-refractivity contribution in [2.24, 2.45) is 5.73 Å². The summed E-state index contributed by atoms with van der Waals surface area (Å²) in [6.07, 6.45) is 1.73. The second kappa shape index (κ2) is 4.68. The third-order valence-corrected chi connectivity index (χ3v) is 4.97. The Morgan fingerprint density at radius 2 is 2.11 bits per heavy atom. The van der Waals surface area contributed by atoms with E-state index in [1.165, 1.54) is 4.88 Å². The molecule has 0 bridgehead atoms. The third kappa shape index (κ3) is 2.20. The molecule has 1 aromatic heterocycles. The topological polar surface area (TPSA) is 35.2 Å². The molecule has 1 aromatic carbocycles. The molecule has 1 aliphatic heterocycles. The van der Waals surface area contributed by atoms with Gasteiger partial charge in [0.05, 0.1) is 15.9 Å². The maximum atomic E-state index is 6.62. The lowest BCUT2D eigenvalue weighted by atomic mass is 9.82. The number of benzene rings is 1. The van der Waals surface area contributed by atoms with Crippen molar-refractivity contribution in [3.8, 4) is 5.75 Å². The number of hydrogen-bond acceptors (Lipinski definition) is 3. The lowest BCUT2D eigenvalue weighted by Gasteiger charge is -2.35. The number of hydrogen-bond donors (Lipinski definition) is 1. The number of para-hydroxylation sites is 1. The molecule has 3 rings (SSSR count). The van der Waals surface area contributed by atoms with Crippen LogP contribution in [0.1, 0.15) is 16.9 Å². The number of halogens is 1.